The van der Waals surface area contributed by atoms with Gasteiger partial charge in [0.25, 0.3) is 0 Å². The van der Waals surface area contributed by atoms with Crippen molar-refractivity contribution >= 4 is 12.3 Å². The second kappa shape index (κ2) is 4.31. The van der Waals surface area contributed by atoms with E-state index in [1.165, 1.54) is 0 Å². The van der Waals surface area contributed by atoms with Crippen LogP contribution in [-0.2, 0) is 9.59 Å². The Balaban J connectivity index is 4.04. The average Bonchev–Trinajstić information content (AvgIpc) is 1.88. The first-order chi connectivity index (χ1) is 4.68. The molecule has 0 radical (unpaired) electrons. The van der Waals surface area contributed by atoms with E-state index in [0.29, 0.717) is 6.29 Å². The van der Waals surface area contributed by atoms with Crippen LogP contribution in [0.2, 0.25) is 0 Å². The molecule has 54 valence electrons. The largest absolute Gasteiger partial charge is 0.502 e. The molecule has 0 aliphatic carbocycles. The van der Waals surface area contributed by atoms with Crippen LogP contribution in [0.5, 0.6) is 0 Å². The van der Waals surface area contributed by atoms with Crippen LogP contribution in [0, 0.1) is 0 Å². The summed E-state index contributed by atoms with van der Waals surface area (Å²) in [4.78, 5) is 19.5. The highest BCUT2D eigenvalue weighted by Crippen LogP contribution is 1.87. The van der Waals surface area contributed by atoms with Crippen LogP contribution in [-0.4, -0.2) is 22.5 Å². The molecule has 0 aromatic heterocycles. The molecule has 0 heterocycles. The van der Waals surface area contributed by atoms with Crippen molar-refractivity contribution < 1.29 is 19.8 Å². The number of carboxylic acid groups (broad SMARTS) is 1. The maximum absolute atomic E-state index is 9.85. The fraction of sp³-hybridized carbons (Fsp3) is 0. The van der Waals surface area contributed by atoms with Gasteiger partial charge in [-0.2, -0.15) is 0 Å². The average molecular weight is 142 g/mol. The summed E-state index contributed by atoms with van der Waals surface area (Å²) in [6, 6.07) is 0. The maximum atomic E-state index is 9.85. The highest BCUT2D eigenvalue weighted by molar-refractivity contribution is 5.84. The number of aliphatic carboxylic acids is 1. The van der Waals surface area contributed by atoms with Gasteiger partial charge in [-0.15, -0.1) is 0 Å². The molecule has 4 nitrogen and oxygen atoms in total. The summed E-state index contributed by atoms with van der Waals surface area (Å²) in [5.41, 5.74) is 0. The first-order valence-corrected chi connectivity index (χ1v) is 2.43. The number of allylic oxidation sites excluding steroid dienone is 3. The highest BCUT2D eigenvalue weighted by Gasteiger charge is 1.99. The number of carboxylic acids is 1. The zero-order valence-electron chi connectivity index (χ0n) is 5.02. The van der Waals surface area contributed by atoms with Gasteiger partial charge in [-0.3, -0.25) is 4.79 Å². The molecule has 0 aliphatic heterocycles. The summed E-state index contributed by atoms with van der Waals surface area (Å²) in [6.45, 7) is 0. The molecule has 0 unspecified atom stereocenters. The van der Waals surface area contributed by atoms with Gasteiger partial charge in [0.15, 0.2) is 0 Å². The molecule has 0 fully saturated rings. The molecule has 10 heavy (non-hydrogen) atoms. The lowest BCUT2D eigenvalue weighted by molar-refractivity contribution is -0.135. The molecule has 0 aromatic rings. The molecule has 0 amide bonds. The Bertz CT molecular complexity index is 190. The number of rotatable bonds is 3. The Morgan fingerprint density at radius 1 is 1.20 bits per heavy atom. The quantitative estimate of drug-likeness (QED) is 0.256. The number of hydrogen-bond donors (Lipinski definition) is 2. The van der Waals surface area contributed by atoms with Crippen molar-refractivity contribution in [2.45, 2.75) is 0 Å². The molecule has 0 saturated heterocycles. The predicted octanol–water partition coefficient (Wildman–Crippen LogP) is 0.268. The fourth-order valence-electron chi connectivity index (χ4n) is 0.263. The SMILES string of the molecule is O=C/C=C\C=C(\O)C(=O)O. The van der Waals surface area contributed by atoms with Gasteiger partial charge in [-0.05, 0) is 12.2 Å². The third kappa shape index (κ3) is 3.43. The number of aliphatic hydroxyl groups excluding tert-OH is 1. The number of aldehydes is 1. The van der Waals surface area contributed by atoms with Crippen molar-refractivity contribution in [3.8, 4) is 0 Å². The van der Waals surface area contributed by atoms with E-state index in [0.717, 1.165) is 18.2 Å². The van der Waals surface area contributed by atoms with Crippen LogP contribution < -0.4 is 0 Å². The lowest BCUT2D eigenvalue weighted by Crippen LogP contribution is -1.97. The van der Waals surface area contributed by atoms with Crippen LogP contribution in [0.25, 0.3) is 0 Å². The predicted molar refractivity (Wildman–Crippen MR) is 33.6 cm³/mol. The molecule has 0 bridgehead atoms. The minimum absolute atomic E-state index is 0.478. The molecular formula is C6H6O4. The van der Waals surface area contributed by atoms with Crippen LogP contribution in [0.4, 0.5) is 0 Å². The third-order valence-electron chi connectivity index (χ3n) is 0.663. The first kappa shape index (κ1) is 8.42. The van der Waals surface area contributed by atoms with Gasteiger partial charge in [-0.1, -0.05) is 6.08 Å². The Labute approximate surface area is 57.1 Å². The summed E-state index contributed by atoms with van der Waals surface area (Å²) in [7, 11) is 0. The molecular weight excluding hydrogens is 136 g/mol. The van der Waals surface area contributed by atoms with Crippen LogP contribution in [0.3, 0.4) is 0 Å². The number of carbonyl (C=O) groups is 2. The van der Waals surface area contributed by atoms with Gasteiger partial charge < -0.3 is 10.2 Å². The minimum Gasteiger partial charge on any atom is -0.502 e. The zero-order chi connectivity index (χ0) is 7.98. The van der Waals surface area contributed by atoms with Crippen molar-refractivity contribution in [2.24, 2.45) is 0 Å². The standard InChI is InChI=1S/C6H6O4/c7-4-2-1-3-5(8)6(9)10/h1-4,8H,(H,9,10)/b2-1-,5-3+. The van der Waals surface area contributed by atoms with E-state index < -0.39 is 11.7 Å². The van der Waals surface area contributed by atoms with E-state index in [1.807, 2.05) is 0 Å². The monoisotopic (exact) mass is 142 g/mol. The molecule has 0 spiro atoms. The van der Waals surface area contributed by atoms with Crippen molar-refractivity contribution in [3.05, 3.63) is 24.0 Å². The molecule has 0 saturated carbocycles. The minimum atomic E-state index is -1.42. The van der Waals surface area contributed by atoms with Gasteiger partial charge in [0.2, 0.25) is 5.76 Å². The van der Waals surface area contributed by atoms with E-state index >= 15 is 0 Å². The lowest BCUT2D eigenvalue weighted by Gasteiger charge is -1.84. The summed E-state index contributed by atoms with van der Waals surface area (Å²) in [5.74, 6) is -2.21. The van der Waals surface area contributed by atoms with Crippen molar-refractivity contribution in [3.63, 3.8) is 0 Å². The molecule has 0 aliphatic rings. The van der Waals surface area contributed by atoms with Crippen LogP contribution >= 0.6 is 0 Å². The maximum Gasteiger partial charge on any atom is 0.370 e. The topological polar surface area (TPSA) is 74.6 Å². The van der Waals surface area contributed by atoms with E-state index in [1.54, 1.807) is 0 Å². The Hall–Kier alpha value is -1.58. The van der Waals surface area contributed by atoms with Gasteiger partial charge in [-0.25, -0.2) is 4.79 Å². The van der Waals surface area contributed by atoms with Gasteiger partial charge in [0.1, 0.15) is 6.29 Å². The Kier molecular flexibility index (Phi) is 3.63. The summed E-state index contributed by atoms with van der Waals surface area (Å²) in [5, 5.41) is 16.5. The Morgan fingerprint density at radius 2 is 1.80 bits per heavy atom. The van der Waals surface area contributed by atoms with E-state index in [4.69, 9.17) is 10.2 Å². The second-order valence-corrected chi connectivity index (χ2v) is 1.38. The lowest BCUT2D eigenvalue weighted by atomic mass is 10.4. The molecule has 0 rings (SSSR count). The highest BCUT2D eigenvalue weighted by atomic mass is 16.4. The molecule has 4 heteroatoms. The van der Waals surface area contributed by atoms with E-state index in [2.05, 4.69) is 0 Å². The zero-order valence-corrected chi connectivity index (χ0v) is 5.02. The van der Waals surface area contributed by atoms with Crippen LogP contribution in [0.1, 0.15) is 0 Å². The van der Waals surface area contributed by atoms with Crippen LogP contribution in [0.15, 0.2) is 24.0 Å². The molecule has 2 N–H and O–H groups in total. The van der Waals surface area contributed by atoms with Gasteiger partial charge in [0, 0.05) is 0 Å². The fourth-order valence-corrected chi connectivity index (χ4v) is 0.263. The van der Waals surface area contributed by atoms with E-state index in [9.17, 15) is 9.59 Å². The molecule has 0 aromatic carbocycles. The summed E-state index contributed by atoms with van der Waals surface area (Å²) >= 11 is 0. The third-order valence-corrected chi connectivity index (χ3v) is 0.663. The number of carbonyl (C=O) groups excluding carboxylic acids is 1. The number of hydrogen-bond acceptors (Lipinski definition) is 3. The normalized spacial score (nSPS) is 11.8. The number of aliphatic hydroxyl groups is 1. The summed E-state index contributed by atoms with van der Waals surface area (Å²) < 4.78 is 0. The van der Waals surface area contributed by atoms with Crippen molar-refractivity contribution in [2.75, 3.05) is 0 Å². The van der Waals surface area contributed by atoms with E-state index in [-0.39, 0.29) is 0 Å². The Morgan fingerprint density at radius 3 is 2.20 bits per heavy atom. The van der Waals surface area contributed by atoms with Gasteiger partial charge >= 0.3 is 5.97 Å². The van der Waals surface area contributed by atoms with Crippen molar-refractivity contribution in [1.82, 2.24) is 0 Å². The van der Waals surface area contributed by atoms with Crippen molar-refractivity contribution in [1.29, 1.82) is 0 Å². The molecule has 0 atom stereocenters. The summed E-state index contributed by atoms with van der Waals surface area (Å²) in [6.07, 6.45) is 3.60. The second-order valence-electron chi connectivity index (χ2n) is 1.38. The smallest absolute Gasteiger partial charge is 0.370 e. The van der Waals surface area contributed by atoms with Gasteiger partial charge in [0.05, 0.1) is 0 Å². The first-order valence-electron chi connectivity index (χ1n) is 2.43.